The minimum absolute atomic E-state index is 0.0520. The van der Waals surface area contributed by atoms with Crippen LogP contribution >= 0.6 is 34.8 Å². The van der Waals surface area contributed by atoms with Crippen molar-refractivity contribution < 1.29 is 4.92 Å². The average molecular weight is 333 g/mol. The molecular weight excluding hydrogens is 325 g/mol. The van der Waals surface area contributed by atoms with E-state index in [-0.39, 0.29) is 11.4 Å². The Morgan fingerprint density at radius 1 is 1.05 bits per heavy atom. The van der Waals surface area contributed by atoms with Crippen molar-refractivity contribution in [3.8, 4) is 0 Å². The highest BCUT2D eigenvalue weighted by Gasteiger charge is 2.12. The third-order valence-corrected chi connectivity index (χ3v) is 3.55. The molecule has 2 aromatic carbocycles. The maximum absolute atomic E-state index is 10.7. The third-order valence-electron chi connectivity index (χ3n) is 2.51. The van der Waals surface area contributed by atoms with Crippen LogP contribution < -0.4 is 11.1 Å². The van der Waals surface area contributed by atoms with E-state index in [2.05, 4.69) is 5.32 Å². The van der Waals surface area contributed by atoms with Gasteiger partial charge in [0.15, 0.2) is 0 Å². The van der Waals surface area contributed by atoms with Gasteiger partial charge in [0.05, 0.1) is 25.7 Å². The summed E-state index contributed by atoms with van der Waals surface area (Å²) in [4.78, 5) is 10.1. The van der Waals surface area contributed by atoms with Gasteiger partial charge in [0.25, 0.3) is 5.69 Å². The van der Waals surface area contributed by atoms with Gasteiger partial charge in [-0.3, -0.25) is 10.1 Å². The summed E-state index contributed by atoms with van der Waals surface area (Å²) in [6, 6.07) is 7.33. The normalized spacial score (nSPS) is 10.3. The number of nitrogens with one attached hydrogen (secondary N) is 1. The van der Waals surface area contributed by atoms with Crippen LogP contribution in [0.25, 0.3) is 0 Å². The molecule has 0 spiro atoms. The molecule has 2 rings (SSSR count). The quantitative estimate of drug-likeness (QED) is 0.363. The number of halogens is 3. The number of nitrogens with two attached hydrogens (primary N) is 1. The summed E-state index contributed by atoms with van der Waals surface area (Å²) < 4.78 is 0. The lowest BCUT2D eigenvalue weighted by atomic mass is 10.2. The molecule has 0 amide bonds. The molecule has 2 aromatic rings. The fourth-order valence-electron chi connectivity index (χ4n) is 1.57. The zero-order valence-corrected chi connectivity index (χ0v) is 12.1. The van der Waals surface area contributed by atoms with Gasteiger partial charge in [-0.25, -0.2) is 0 Å². The molecule has 8 heteroatoms. The van der Waals surface area contributed by atoms with Crippen LogP contribution in [-0.2, 0) is 0 Å². The zero-order valence-electron chi connectivity index (χ0n) is 9.86. The topological polar surface area (TPSA) is 81.2 Å². The van der Waals surface area contributed by atoms with E-state index in [0.29, 0.717) is 26.4 Å². The van der Waals surface area contributed by atoms with Crippen molar-refractivity contribution >= 4 is 57.6 Å². The number of nitrogen functional groups attached to an aromatic ring is 1. The molecule has 5 nitrogen and oxygen atoms in total. The first-order valence-corrected chi connectivity index (χ1v) is 6.47. The van der Waals surface area contributed by atoms with Crippen molar-refractivity contribution in [1.29, 1.82) is 0 Å². The molecule has 0 radical (unpaired) electrons. The lowest BCUT2D eigenvalue weighted by Crippen LogP contribution is -1.98. The molecule has 0 saturated heterocycles. The van der Waals surface area contributed by atoms with Crippen molar-refractivity contribution in [3.63, 3.8) is 0 Å². The Balaban J connectivity index is 2.33. The van der Waals surface area contributed by atoms with Crippen LogP contribution in [-0.4, -0.2) is 4.92 Å². The summed E-state index contributed by atoms with van der Waals surface area (Å²) in [6.07, 6.45) is 0. The Morgan fingerprint density at radius 2 is 1.70 bits per heavy atom. The van der Waals surface area contributed by atoms with Gasteiger partial charge in [0.2, 0.25) is 0 Å². The number of hydrogen-bond acceptors (Lipinski definition) is 4. The van der Waals surface area contributed by atoms with Crippen LogP contribution in [0.2, 0.25) is 15.1 Å². The van der Waals surface area contributed by atoms with E-state index in [4.69, 9.17) is 40.5 Å². The Kier molecular flexibility index (Phi) is 4.23. The molecule has 0 aliphatic carbocycles. The van der Waals surface area contributed by atoms with Crippen LogP contribution in [0.3, 0.4) is 0 Å². The number of rotatable bonds is 3. The number of benzene rings is 2. The minimum Gasteiger partial charge on any atom is -0.393 e. The minimum atomic E-state index is -0.550. The lowest BCUT2D eigenvalue weighted by Gasteiger charge is -2.10. The second-order valence-corrected chi connectivity index (χ2v) is 5.12. The lowest BCUT2D eigenvalue weighted by molar-refractivity contribution is -0.383. The molecule has 0 unspecified atom stereocenters. The van der Waals surface area contributed by atoms with Crippen molar-refractivity contribution in [3.05, 3.63) is 55.5 Å². The van der Waals surface area contributed by atoms with E-state index >= 15 is 0 Å². The first kappa shape index (κ1) is 14.7. The van der Waals surface area contributed by atoms with E-state index in [1.54, 1.807) is 6.07 Å². The van der Waals surface area contributed by atoms with Gasteiger partial charge >= 0.3 is 0 Å². The second kappa shape index (κ2) is 5.75. The molecule has 0 aliphatic heterocycles. The Hall–Kier alpha value is -1.69. The highest BCUT2D eigenvalue weighted by Crippen LogP contribution is 2.35. The monoisotopic (exact) mass is 331 g/mol. The summed E-state index contributed by atoms with van der Waals surface area (Å²) in [5.74, 6) is 0. The zero-order chi connectivity index (χ0) is 14.9. The molecule has 0 aromatic heterocycles. The average Bonchev–Trinajstić information content (AvgIpc) is 2.35. The van der Waals surface area contributed by atoms with Crippen molar-refractivity contribution in [1.82, 2.24) is 0 Å². The summed E-state index contributed by atoms with van der Waals surface area (Å²) in [5.41, 5.74) is 6.57. The molecule has 104 valence electrons. The van der Waals surface area contributed by atoms with E-state index in [1.165, 1.54) is 24.3 Å². The molecule has 0 aliphatic rings. The van der Waals surface area contributed by atoms with Crippen molar-refractivity contribution in [2.24, 2.45) is 0 Å². The highest BCUT2D eigenvalue weighted by molar-refractivity contribution is 6.44. The molecule has 0 heterocycles. The molecule has 0 atom stereocenters. The maximum Gasteiger partial charge on any atom is 0.292 e. The number of hydrogen-bond donors (Lipinski definition) is 2. The number of nitro benzene ring substituents is 1. The number of anilines is 3. The summed E-state index contributed by atoms with van der Waals surface area (Å²) in [5, 5.41) is 14.7. The van der Waals surface area contributed by atoms with Crippen molar-refractivity contribution in [2.45, 2.75) is 0 Å². The van der Waals surface area contributed by atoms with Crippen LogP contribution in [0.4, 0.5) is 22.7 Å². The van der Waals surface area contributed by atoms with Crippen LogP contribution in [0.1, 0.15) is 0 Å². The predicted octanol–water partition coefficient (Wildman–Crippen LogP) is 4.88. The van der Waals surface area contributed by atoms with Crippen molar-refractivity contribution in [2.75, 3.05) is 11.1 Å². The first-order chi connectivity index (χ1) is 9.38. The summed E-state index contributed by atoms with van der Waals surface area (Å²) in [6.45, 7) is 0. The van der Waals surface area contributed by atoms with E-state index in [1.807, 2.05) is 0 Å². The molecule has 0 saturated carbocycles. The van der Waals surface area contributed by atoms with E-state index < -0.39 is 4.92 Å². The molecule has 0 bridgehead atoms. The predicted molar refractivity (Wildman–Crippen MR) is 82.3 cm³/mol. The number of nitro groups is 1. The Morgan fingerprint density at radius 3 is 2.30 bits per heavy atom. The van der Waals surface area contributed by atoms with Gasteiger partial charge in [-0.1, -0.05) is 34.8 Å². The third kappa shape index (κ3) is 3.07. The largest absolute Gasteiger partial charge is 0.393 e. The van der Waals surface area contributed by atoms with E-state index in [0.717, 1.165) is 0 Å². The van der Waals surface area contributed by atoms with Gasteiger partial charge in [0, 0.05) is 11.8 Å². The van der Waals surface area contributed by atoms with E-state index in [9.17, 15) is 10.1 Å². The molecule has 3 N–H and O–H groups in total. The standard InChI is InChI=1S/C12H8Cl3N3O2/c13-7-4-9(15)11(5-8(7)14)17-6-1-2-12(18(19)20)10(16)3-6/h1-5,17H,16H2. The van der Waals surface area contributed by atoms with Crippen LogP contribution in [0, 0.1) is 10.1 Å². The first-order valence-electron chi connectivity index (χ1n) is 5.34. The second-order valence-electron chi connectivity index (χ2n) is 3.90. The van der Waals surface area contributed by atoms with Gasteiger partial charge < -0.3 is 11.1 Å². The van der Waals surface area contributed by atoms with Gasteiger partial charge in [-0.05, 0) is 24.3 Å². The molecular formula is C12H8Cl3N3O2. The molecule has 0 fully saturated rings. The summed E-state index contributed by atoms with van der Waals surface area (Å²) >= 11 is 17.8. The fraction of sp³-hybridized carbons (Fsp3) is 0. The fourth-order valence-corrected chi connectivity index (χ4v) is 2.17. The Labute approximate surface area is 129 Å². The molecule has 20 heavy (non-hydrogen) atoms. The highest BCUT2D eigenvalue weighted by atomic mass is 35.5. The van der Waals surface area contributed by atoms with Gasteiger partial charge in [0.1, 0.15) is 5.69 Å². The Bertz CT molecular complexity index is 692. The van der Waals surface area contributed by atoms with Crippen LogP contribution in [0.5, 0.6) is 0 Å². The smallest absolute Gasteiger partial charge is 0.292 e. The summed E-state index contributed by atoms with van der Waals surface area (Å²) in [7, 11) is 0. The van der Waals surface area contributed by atoms with Gasteiger partial charge in [-0.2, -0.15) is 0 Å². The SMILES string of the molecule is Nc1cc(Nc2cc(Cl)c(Cl)cc2Cl)ccc1[N+](=O)[O-]. The maximum atomic E-state index is 10.7. The number of nitrogens with zero attached hydrogens (tertiary/aromatic N) is 1. The van der Waals surface area contributed by atoms with Crippen LogP contribution in [0.15, 0.2) is 30.3 Å². The van der Waals surface area contributed by atoms with Gasteiger partial charge in [-0.15, -0.1) is 0 Å².